The first-order chi connectivity index (χ1) is 15.0. The van der Waals surface area contributed by atoms with Crippen LogP contribution in [0.25, 0.3) is 10.4 Å². The summed E-state index contributed by atoms with van der Waals surface area (Å²) in [5.74, 6) is 1.08. The quantitative estimate of drug-likeness (QED) is 0.576. The highest BCUT2D eigenvalue weighted by Crippen LogP contribution is 2.38. The number of nitrogens with zero attached hydrogens (tertiary/aromatic N) is 2. The molecule has 1 fully saturated rings. The zero-order chi connectivity index (χ0) is 21.8. The number of carbonyl (C=O) groups excluding carboxylic acids is 2. The Kier molecular flexibility index (Phi) is 6.13. The van der Waals surface area contributed by atoms with Gasteiger partial charge in [-0.1, -0.05) is 24.8 Å². The number of likely N-dealkylation sites (tertiary alicyclic amines) is 1. The monoisotopic (exact) mass is 433 g/mol. The number of nitrogens with two attached hydrogens (primary N) is 1. The van der Waals surface area contributed by atoms with Crippen LogP contribution in [-0.2, 0) is 4.79 Å². The summed E-state index contributed by atoms with van der Waals surface area (Å²) in [7, 11) is 0. The lowest BCUT2D eigenvalue weighted by Crippen LogP contribution is -2.36. The number of hydrogen-bond donors (Lipinski definition) is 1. The van der Waals surface area contributed by atoms with Crippen molar-refractivity contribution in [2.24, 2.45) is 5.73 Å². The Morgan fingerprint density at radius 1 is 1.06 bits per heavy atom. The van der Waals surface area contributed by atoms with E-state index < -0.39 is 5.91 Å². The van der Waals surface area contributed by atoms with Crippen molar-refractivity contribution in [2.75, 3.05) is 13.1 Å². The van der Waals surface area contributed by atoms with Gasteiger partial charge >= 0.3 is 0 Å². The lowest BCUT2D eigenvalue weighted by Gasteiger charge is -2.30. The van der Waals surface area contributed by atoms with Gasteiger partial charge < -0.3 is 15.4 Å². The smallest absolute Gasteiger partial charge is 0.268 e. The second-order valence-electron chi connectivity index (χ2n) is 7.34. The molecule has 6 nitrogen and oxygen atoms in total. The van der Waals surface area contributed by atoms with Crippen molar-refractivity contribution < 1.29 is 14.3 Å². The average molecular weight is 434 g/mol. The van der Waals surface area contributed by atoms with Gasteiger partial charge in [0, 0.05) is 19.0 Å². The number of benzene rings is 2. The minimum Gasteiger partial charge on any atom is -0.457 e. The van der Waals surface area contributed by atoms with Gasteiger partial charge in [-0.15, -0.1) is 11.3 Å². The molecule has 4 rings (SSSR count). The van der Waals surface area contributed by atoms with E-state index in [9.17, 15) is 9.59 Å². The minimum atomic E-state index is -0.540. The van der Waals surface area contributed by atoms with Gasteiger partial charge in [-0.2, -0.15) is 0 Å². The van der Waals surface area contributed by atoms with Crippen molar-refractivity contribution >= 4 is 23.2 Å². The Hall–Kier alpha value is -3.45. The molecule has 158 valence electrons. The molecule has 0 saturated carbocycles. The summed E-state index contributed by atoms with van der Waals surface area (Å²) in [4.78, 5) is 31.0. The van der Waals surface area contributed by atoms with Crippen LogP contribution < -0.4 is 10.5 Å². The number of aromatic nitrogens is 1. The number of piperidine rings is 1. The third-order valence-electron chi connectivity index (χ3n) is 5.30. The molecule has 3 aromatic rings. The summed E-state index contributed by atoms with van der Waals surface area (Å²) in [5.41, 5.74) is 6.79. The molecule has 2 amide bonds. The number of carbonyl (C=O) groups is 2. The van der Waals surface area contributed by atoms with Gasteiger partial charge in [0.25, 0.3) is 5.91 Å². The van der Waals surface area contributed by atoms with Gasteiger partial charge in [0.15, 0.2) is 0 Å². The standard InChI is InChI=1S/C24H23N3O3S/c1-2-20(28)27-14-12-17(13-15-27)24-26-21(23(25)29)22(31-24)16-8-10-19(11-9-16)30-18-6-4-3-5-7-18/h2-11,17H,1,12-15H2,(H2,25,29). The summed E-state index contributed by atoms with van der Waals surface area (Å²) in [6.45, 7) is 4.86. The van der Waals surface area contributed by atoms with Gasteiger partial charge in [0.2, 0.25) is 5.91 Å². The lowest BCUT2D eigenvalue weighted by atomic mass is 9.97. The van der Waals surface area contributed by atoms with E-state index in [4.69, 9.17) is 10.5 Å². The van der Waals surface area contributed by atoms with Crippen LogP contribution >= 0.6 is 11.3 Å². The molecule has 7 heteroatoms. The molecule has 0 atom stereocenters. The topological polar surface area (TPSA) is 85.5 Å². The number of thiazole rings is 1. The molecule has 2 heterocycles. The number of primary amides is 1. The molecule has 1 aromatic heterocycles. The van der Waals surface area contributed by atoms with E-state index in [1.165, 1.54) is 17.4 Å². The molecule has 0 radical (unpaired) electrons. The molecular formula is C24H23N3O3S. The number of para-hydroxylation sites is 1. The number of ether oxygens (including phenoxy) is 1. The van der Waals surface area contributed by atoms with Crippen LogP contribution in [0.5, 0.6) is 11.5 Å². The summed E-state index contributed by atoms with van der Waals surface area (Å²) in [6.07, 6.45) is 2.95. The Balaban J connectivity index is 1.53. The van der Waals surface area contributed by atoms with E-state index >= 15 is 0 Å². The molecule has 1 aliphatic rings. The lowest BCUT2D eigenvalue weighted by molar-refractivity contribution is -0.127. The molecule has 0 bridgehead atoms. The second kappa shape index (κ2) is 9.14. The summed E-state index contributed by atoms with van der Waals surface area (Å²) < 4.78 is 5.84. The molecule has 2 N–H and O–H groups in total. The Morgan fingerprint density at radius 3 is 2.32 bits per heavy atom. The number of rotatable bonds is 6. The highest BCUT2D eigenvalue weighted by atomic mass is 32.1. The van der Waals surface area contributed by atoms with E-state index in [2.05, 4.69) is 11.6 Å². The zero-order valence-electron chi connectivity index (χ0n) is 17.0. The Morgan fingerprint density at radius 2 is 1.71 bits per heavy atom. The van der Waals surface area contributed by atoms with Crippen molar-refractivity contribution in [3.8, 4) is 21.9 Å². The fraction of sp³-hybridized carbons (Fsp3) is 0.208. The summed E-state index contributed by atoms with van der Waals surface area (Å²) in [6, 6.07) is 17.1. The molecule has 0 aliphatic carbocycles. The Labute approximate surface area is 185 Å². The third kappa shape index (κ3) is 4.67. The maximum absolute atomic E-state index is 12.1. The molecule has 31 heavy (non-hydrogen) atoms. The minimum absolute atomic E-state index is 0.0473. The van der Waals surface area contributed by atoms with E-state index in [1.807, 2.05) is 54.6 Å². The first-order valence-corrected chi connectivity index (χ1v) is 10.9. The second-order valence-corrected chi connectivity index (χ2v) is 8.37. The van der Waals surface area contributed by atoms with Crippen molar-refractivity contribution in [1.29, 1.82) is 0 Å². The molecule has 0 spiro atoms. The highest BCUT2D eigenvalue weighted by Gasteiger charge is 2.27. The van der Waals surface area contributed by atoms with Gasteiger partial charge in [0.05, 0.1) is 9.88 Å². The van der Waals surface area contributed by atoms with E-state index in [1.54, 1.807) is 4.90 Å². The number of hydrogen-bond acceptors (Lipinski definition) is 5. The van der Waals surface area contributed by atoms with Gasteiger partial charge in [-0.25, -0.2) is 4.98 Å². The van der Waals surface area contributed by atoms with Crippen LogP contribution in [-0.4, -0.2) is 34.8 Å². The van der Waals surface area contributed by atoms with Crippen molar-refractivity contribution in [1.82, 2.24) is 9.88 Å². The summed E-state index contributed by atoms with van der Waals surface area (Å²) >= 11 is 1.50. The highest BCUT2D eigenvalue weighted by molar-refractivity contribution is 7.15. The van der Waals surface area contributed by atoms with Crippen LogP contribution in [0, 0.1) is 0 Å². The maximum atomic E-state index is 12.1. The first kappa shape index (κ1) is 20.8. The normalized spacial score (nSPS) is 14.3. The van der Waals surface area contributed by atoms with Gasteiger partial charge in [-0.3, -0.25) is 9.59 Å². The van der Waals surface area contributed by atoms with Gasteiger partial charge in [-0.05, 0) is 60.9 Å². The van der Waals surface area contributed by atoms with Crippen molar-refractivity contribution in [2.45, 2.75) is 18.8 Å². The molecule has 2 aromatic carbocycles. The van der Waals surface area contributed by atoms with Crippen LogP contribution in [0.15, 0.2) is 67.3 Å². The van der Waals surface area contributed by atoms with Crippen LogP contribution in [0.2, 0.25) is 0 Å². The molecular weight excluding hydrogens is 410 g/mol. The largest absolute Gasteiger partial charge is 0.457 e. The maximum Gasteiger partial charge on any atom is 0.268 e. The molecule has 1 saturated heterocycles. The zero-order valence-corrected chi connectivity index (χ0v) is 17.8. The predicted octanol–water partition coefficient (Wildman–Crippen LogP) is 4.59. The van der Waals surface area contributed by atoms with Crippen LogP contribution in [0.4, 0.5) is 0 Å². The van der Waals surface area contributed by atoms with E-state index in [-0.39, 0.29) is 11.8 Å². The van der Waals surface area contributed by atoms with Crippen molar-refractivity contribution in [3.63, 3.8) is 0 Å². The first-order valence-electron chi connectivity index (χ1n) is 10.1. The molecule has 0 unspecified atom stereocenters. The van der Waals surface area contributed by atoms with E-state index in [0.29, 0.717) is 24.5 Å². The number of amides is 2. The fourth-order valence-electron chi connectivity index (χ4n) is 3.65. The third-order valence-corrected chi connectivity index (χ3v) is 6.57. The van der Waals surface area contributed by atoms with Crippen molar-refractivity contribution in [3.05, 3.63) is 78.0 Å². The van der Waals surface area contributed by atoms with Crippen LogP contribution in [0.1, 0.15) is 34.3 Å². The van der Waals surface area contributed by atoms with Gasteiger partial charge in [0.1, 0.15) is 17.2 Å². The van der Waals surface area contributed by atoms with E-state index in [0.717, 1.165) is 34.0 Å². The average Bonchev–Trinajstić information content (AvgIpc) is 3.26. The fourth-order valence-corrected chi connectivity index (χ4v) is 4.89. The SMILES string of the molecule is C=CC(=O)N1CCC(c2nc(C(N)=O)c(-c3ccc(Oc4ccccc4)cc3)s2)CC1. The Bertz CT molecular complexity index is 1090. The summed E-state index contributed by atoms with van der Waals surface area (Å²) in [5, 5.41) is 0.888. The predicted molar refractivity (Wildman–Crippen MR) is 121 cm³/mol. The van der Waals surface area contributed by atoms with Crippen LogP contribution in [0.3, 0.4) is 0 Å². The molecule has 1 aliphatic heterocycles.